The molecule has 0 N–H and O–H groups in total. The van der Waals surface area contributed by atoms with E-state index in [1.54, 1.807) is 0 Å². The highest BCUT2D eigenvalue weighted by Gasteiger charge is 2.18. The largest absolute Gasteiger partial charge is 0.455 e. The molecule has 4 heteroatoms. The lowest BCUT2D eigenvalue weighted by atomic mass is 9.96. The van der Waals surface area contributed by atoms with E-state index in [0.717, 1.165) is 99.3 Å². The van der Waals surface area contributed by atoms with Crippen molar-refractivity contribution in [3.05, 3.63) is 188 Å². The highest BCUT2D eigenvalue weighted by molar-refractivity contribution is 6.24. The molecular weight excluding hydrogens is 671 g/mol. The minimum atomic E-state index is 0.710. The molecule has 256 valence electrons. The quantitative estimate of drug-likeness (QED) is 0.168. The first-order valence-corrected chi connectivity index (χ1v) is 18.5. The third-order valence-electron chi connectivity index (χ3n) is 10.7. The molecule has 4 nitrogen and oxygen atoms in total. The van der Waals surface area contributed by atoms with Crippen LogP contribution >= 0.6 is 0 Å². The third-order valence-corrected chi connectivity index (χ3v) is 10.7. The van der Waals surface area contributed by atoms with Crippen LogP contribution in [-0.4, -0.2) is 15.0 Å². The second-order valence-electron chi connectivity index (χ2n) is 14.0. The summed E-state index contributed by atoms with van der Waals surface area (Å²) < 4.78 is 6.52. The van der Waals surface area contributed by atoms with E-state index < -0.39 is 0 Å². The van der Waals surface area contributed by atoms with E-state index in [4.69, 9.17) is 19.4 Å². The molecule has 0 aliphatic heterocycles. The SMILES string of the molecule is c1ccc(-c2cccc(-c3nc(-c4ccc(-c5ccc(-c6nc7ccccc7c7c6ccc6c8ccccc8oc67)cc5)cc4)c4ccccc4n3)c2)cc1. The summed E-state index contributed by atoms with van der Waals surface area (Å²) in [7, 11) is 0. The van der Waals surface area contributed by atoms with Crippen LogP contribution in [0.4, 0.5) is 0 Å². The number of rotatable bonds is 5. The zero-order valence-electron chi connectivity index (χ0n) is 29.6. The molecule has 0 bridgehead atoms. The maximum absolute atomic E-state index is 6.52. The molecule has 0 atom stereocenters. The van der Waals surface area contributed by atoms with Gasteiger partial charge in [-0.3, -0.25) is 0 Å². The smallest absolute Gasteiger partial charge is 0.160 e. The van der Waals surface area contributed by atoms with Gasteiger partial charge in [0.2, 0.25) is 0 Å². The van der Waals surface area contributed by atoms with Crippen LogP contribution in [0.5, 0.6) is 0 Å². The average Bonchev–Trinajstić information content (AvgIpc) is 3.65. The Morgan fingerprint density at radius 3 is 1.58 bits per heavy atom. The summed E-state index contributed by atoms with van der Waals surface area (Å²) in [6.07, 6.45) is 0. The van der Waals surface area contributed by atoms with Gasteiger partial charge in [0.05, 0.1) is 22.4 Å². The number of aromatic nitrogens is 3. The molecule has 3 heterocycles. The summed E-state index contributed by atoms with van der Waals surface area (Å²) in [6, 6.07) is 65.5. The van der Waals surface area contributed by atoms with Crippen molar-refractivity contribution >= 4 is 54.5 Å². The molecule has 0 saturated heterocycles. The summed E-state index contributed by atoms with van der Waals surface area (Å²) in [5.41, 5.74) is 13.2. The Bertz CT molecular complexity index is 3240. The van der Waals surface area contributed by atoms with Crippen molar-refractivity contribution in [2.75, 3.05) is 0 Å². The number of furan rings is 1. The third kappa shape index (κ3) is 5.26. The number of para-hydroxylation sites is 3. The first-order chi connectivity index (χ1) is 27.2. The van der Waals surface area contributed by atoms with E-state index in [0.29, 0.717) is 5.82 Å². The van der Waals surface area contributed by atoms with Gasteiger partial charge in [0.1, 0.15) is 11.2 Å². The number of hydrogen-bond acceptors (Lipinski definition) is 4. The van der Waals surface area contributed by atoms with Crippen LogP contribution in [0, 0.1) is 0 Å². The van der Waals surface area contributed by atoms with Crippen molar-refractivity contribution in [2.24, 2.45) is 0 Å². The van der Waals surface area contributed by atoms with Gasteiger partial charge in [0.15, 0.2) is 5.82 Å². The van der Waals surface area contributed by atoms with Crippen molar-refractivity contribution in [2.45, 2.75) is 0 Å². The molecule has 55 heavy (non-hydrogen) atoms. The van der Waals surface area contributed by atoms with Gasteiger partial charge >= 0.3 is 0 Å². The predicted octanol–water partition coefficient (Wildman–Crippen LogP) is 13.6. The highest BCUT2D eigenvalue weighted by Crippen LogP contribution is 2.41. The molecule has 0 fully saturated rings. The summed E-state index contributed by atoms with van der Waals surface area (Å²) in [5, 5.41) is 6.53. The van der Waals surface area contributed by atoms with Gasteiger partial charge in [-0.15, -0.1) is 0 Å². The van der Waals surface area contributed by atoms with E-state index in [-0.39, 0.29) is 0 Å². The van der Waals surface area contributed by atoms with Gasteiger partial charge in [-0.2, -0.15) is 0 Å². The monoisotopic (exact) mass is 701 g/mol. The molecule has 3 aromatic heterocycles. The molecular formula is C51H31N3O. The Balaban J connectivity index is 0.961. The van der Waals surface area contributed by atoms with E-state index in [1.807, 2.05) is 36.4 Å². The summed E-state index contributed by atoms with van der Waals surface area (Å²) in [6.45, 7) is 0. The van der Waals surface area contributed by atoms with Crippen LogP contribution in [0.2, 0.25) is 0 Å². The van der Waals surface area contributed by atoms with Gasteiger partial charge in [-0.05, 0) is 52.6 Å². The van der Waals surface area contributed by atoms with Crippen LogP contribution in [0.25, 0.3) is 111 Å². The van der Waals surface area contributed by atoms with Crippen molar-refractivity contribution < 1.29 is 4.42 Å². The van der Waals surface area contributed by atoms with Gasteiger partial charge < -0.3 is 4.42 Å². The standard InChI is InChI=1S/C51H31N3O/c1-2-11-32(12-3-1)37-13-10-14-38(31-37)51-53-45-19-8-5-17-42(45)48(54-51)35-25-21-33(22-26-35)34-23-27-36(28-24-34)49-43-30-29-40-39-15-6-9-20-46(39)55-50(40)47(43)41-16-4-7-18-44(41)52-49/h1-31H. The first kappa shape index (κ1) is 31.1. The molecule has 0 aliphatic carbocycles. The molecule has 0 amide bonds. The minimum absolute atomic E-state index is 0.710. The van der Waals surface area contributed by atoms with Crippen LogP contribution in [0.1, 0.15) is 0 Å². The molecule has 0 aliphatic rings. The van der Waals surface area contributed by atoms with E-state index >= 15 is 0 Å². The fraction of sp³-hybridized carbons (Fsp3) is 0. The van der Waals surface area contributed by atoms with Crippen LogP contribution < -0.4 is 0 Å². The zero-order valence-corrected chi connectivity index (χ0v) is 29.6. The fourth-order valence-corrected chi connectivity index (χ4v) is 7.97. The molecule has 8 aromatic carbocycles. The van der Waals surface area contributed by atoms with Gasteiger partial charge in [0, 0.05) is 49.0 Å². The molecule has 0 radical (unpaired) electrons. The van der Waals surface area contributed by atoms with Crippen molar-refractivity contribution in [3.8, 4) is 56.2 Å². The summed E-state index contributed by atoms with van der Waals surface area (Å²) in [4.78, 5) is 15.4. The summed E-state index contributed by atoms with van der Waals surface area (Å²) in [5.74, 6) is 0.710. The molecule has 0 spiro atoms. The Morgan fingerprint density at radius 1 is 0.309 bits per heavy atom. The van der Waals surface area contributed by atoms with Crippen LogP contribution in [0.15, 0.2) is 192 Å². The normalized spacial score (nSPS) is 11.6. The van der Waals surface area contributed by atoms with Gasteiger partial charge in [-0.25, -0.2) is 15.0 Å². The lowest BCUT2D eigenvalue weighted by Crippen LogP contribution is -1.95. The maximum atomic E-state index is 6.52. The van der Waals surface area contributed by atoms with Crippen molar-refractivity contribution in [1.29, 1.82) is 0 Å². The lowest BCUT2D eigenvalue weighted by Gasteiger charge is -2.12. The predicted molar refractivity (Wildman–Crippen MR) is 227 cm³/mol. The van der Waals surface area contributed by atoms with Crippen molar-refractivity contribution in [1.82, 2.24) is 15.0 Å². The second-order valence-corrected chi connectivity index (χ2v) is 14.0. The molecule has 0 saturated carbocycles. The number of fused-ring (bicyclic) bond motifs is 8. The highest BCUT2D eigenvalue weighted by atomic mass is 16.3. The Morgan fingerprint density at radius 2 is 0.836 bits per heavy atom. The zero-order chi connectivity index (χ0) is 36.3. The lowest BCUT2D eigenvalue weighted by molar-refractivity contribution is 0.673. The van der Waals surface area contributed by atoms with E-state index in [2.05, 4.69) is 152 Å². The topological polar surface area (TPSA) is 51.8 Å². The minimum Gasteiger partial charge on any atom is -0.455 e. The van der Waals surface area contributed by atoms with E-state index in [1.165, 1.54) is 5.56 Å². The van der Waals surface area contributed by atoms with Gasteiger partial charge in [0.25, 0.3) is 0 Å². The Labute approximate surface area is 317 Å². The van der Waals surface area contributed by atoms with Crippen molar-refractivity contribution in [3.63, 3.8) is 0 Å². The summed E-state index contributed by atoms with van der Waals surface area (Å²) >= 11 is 0. The van der Waals surface area contributed by atoms with Crippen LogP contribution in [0.3, 0.4) is 0 Å². The van der Waals surface area contributed by atoms with Crippen LogP contribution in [-0.2, 0) is 0 Å². The van der Waals surface area contributed by atoms with Gasteiger partial charge in [-0.1, -0.05) is 158 Å². The first-order valence-electron chi connectivity index (χ1n) is 18.5. The second kappa shape index (κ2) is 12.6. The Hall–Kier alpha value is -7.43. The molecule has 0 unspecified atom stereocenters. The number of pyridine rings is 1. The molecule has 11 aromatic rings. The fourth-order valence-electron chi connectivity index (χ4n) is 7.97. The number of benzene rings is 8. The molecule has 11 rings (SSSR count). The maximum Gasteiger partial charge on any atom is 0.160 e. The number of hydrogen-bond donors (Lipinski definition) is 0. The Kier molecular flexibility index (Phi) is 7.14. The average molecular weight is 702 g/mol. The van der Waals surface area contributed by atoms with E-state index in [9.17, 15) is 0 Å². The number of nitrogens with zero attached hydrogens (tertiary/aromatic N) is 3.